The van der Waals surface area contributed by atoms with Gasteiger partial charge in [-0.25, -0.2) is 4.68 Å². The lowest BCUT2D eigenvalue weighted by Crippen LogP contribution is -2.16. The second-order valence-corrected chi connectivity index (χ2v) is 6.22. The zero-order valence-electron chi connectivity index (χ0n) is 16.8. The Labute approximate surface area is 172 Å². The second kappa shape index (κ2) is 8.52. The maximum atomic E-state index is 13.0. The van der Waals surface area contributed by atoms with Gasteiger partial charge in [0.25, 0.3) is 11.6 Å². The Morgan fingerprint density at radius 1 is 1.00 bits per heavy atom. The fourth-order valence-corrected chi connectivity index (χ4v) is 2.89. The van der Waals surface area contributed by atoms with Crippen LogP contribution in [0.25, 0.3) is 5.69 Å². The second-order valence-electron chi connectivity index (χ2n) is 6.22. The van der Waals surface area contributed by atoms with E-state index in [-0.39, 0.29) is 11.3 Å². The zero-order chi connectivity index (χ0) is 21.8. The van der Waals surface area contributed by atoms with Crippen LogP contribution in [0.15, 0.2) is 42.5 Å². The zero-order valence-corrected chi connectivity index (χ0v) is 16.8. The highest BCUT2D eigenvalue weighted by Gasteiger charge is 2.20. The van der Waals surface area contributed by atoms with E-state index in [4.69, 9.17) is 14.2 Å². The number of amides is 1. The SMILES string of the molecule is COc1cc(OC)c(C(=O)Nc2cc(C)nn2-c2ccc([N+](=O)[O-])cc2)cc1OC. The molecular formula is C20H20N4O6. The predicted octanol–water partition coefficient (Wildman–Crippen LogP) is 3.37. The first-order chi connectivity index (χ1) is 14.4. The third-order valence-electron chi connectivity index (χ3n) is 4.33. The summed E-state index contributed by atoms with van der Waals surface area (Å²) in [6.45, 7) is 1.77. The first kappa shape index (κ1) is 20.6. The number of anilines is 1. The average molecular weight is 412 g/mol. The van der Waals surface area contributed by atoms with Gasteiger partial charge in [-0.05, 0) is 19.1 Å². The molecule has 1 N–H and O–H groups in total. The van der Waals surface area contributed by atoms with Gasteiger partial charge in [-0.2, -0.15) is 5.10 Å². The number of non-ortho nitro benzene ring substituents is 1. The molecule has 2 aromatic carbocycles. The van der Waals surface area contributed by atoms with Crippen LogP contribution in [0, 0.1) is 17.0 Å². The topological polar surface area (TPSA) is 118 Å². The highest BCUT2D eigenvalue weighted by Crippen LogP contribution is 2.35. The van der Waals surface area contributed by atoms with Crippen LogP contribution in [-0.2, 0) is 0 Å². The van der Waals surface area contributed by atoms with Crippen LogP contribution in [0.4, 0.5) is 11.5 Å². The van der Waals surface area contributed by atoms with Gasteiger partial charge in [-0.15, -0.1) is 0 Å². The molecule has 0 spiro atoms. The van der Waals surface area contributed by atoms with Gasteiger partial charge in [0.1, 0.15) is 11.6 Å². The number of carbonyl (C=O) groups is 1. The third kappa shape index (κ3) is 4.02. The van der Waals surface area contributed by atoms with E-state index in [0.29, 0.717) is 34.4 Å². The normalized spacial score (nSPS) is 10.4. The maximum Gasteiger partial charge on any atom is 0.269 e. The molecule has 0 unspecified atom stereocenters. The molecule has 1 amide bonds. The summed E-state index contributed by atoms with van der Waals surface area (Å²) in [5.41, 5.74) is 1.42. The smallest absolute Gasteiger partial charge is 0.269 e. The number of ether oxygens (including phenoxy) is 3. The molecule has 0 fully saturated rings. The lowest BCUT2D eigenvalue weighted by molar-refractivity contribution is -0.384. The number of aryl methyl sites for hydroxylation is 1. The number of hydrogen-bond donors (Lipinski definition) is 1. The van der Waals surface area contributed by atoms with E-state index in [1.165, 1.54) is 44.2 Å². The summed E-state index contributed by atoms with van der Waals surface area (Å²) < 4.78 is 17.3. The fraction of sp³-hybridized carbons (Fsp3) is 0.200. The molecule has 10 nitrogen and oxygen atoms in total. The van der Waals surface area contributed by atoms with Crippen molar-refractivity contribution in [1.82, 2.24) is 9.78 Å². The lowest BCUT2D eigenvalue weighted by atomic mass is 10.1. The van der Waals surface area contributed by atoms with Crippen LogP contribution in [0.3, 0.4) is 0 Å². The monoisotopic (exact) mass is 412 g/mol. The number of nitrogens with zero attached hydrogens (tertiary/aromatic N) is 3. The standard InChI is InChI=1S/C20H20N4O6/c1-12-9-19(23(22-12)13-5-7-14(8-6-13)24(26)27)21-20(25)15-10-17(29-3)18(30-4)11-16(15)28-2/h5-11H,1-4H3,(H,21,25). The molecule has 30 heavy (non-hydrogen) atoms. The Balaban J connectivity index is 1.96. The van der Waals surface area contributed by atoms with Gasteiger partial charge in [0.15, 0.2) is 11.5 Å². The molecular weight excluding hydrogens is 392 g/mol. The van der Waals surface area contributed by atoms with Crippen LogP contribution in [-0.4, -0.2) is 41.9 Å². The third-order valence-corrected chi connectivity index (χ3v) is 4.33. The first-order valence-corrected chi connectivity index (χ1v) is 8.80. The Morgan fingerprint density at radius 2 is 1.60 bits per heavy atom. The van der Waals surface area contributed by atoms with Crippen molar-refractivity contribution < 1.29 is 23.9 Å². The molecule has 3 rings (SSSR count). The number of methoxy groups -OCH3 is 3. The predicted molar refractivity (Wildman–Crippen MR) is 109 cm³/mol. The van der Waals surface area contributed by atoms with E-state index in [0.717, 1.165) is 0 Å². The molecule has 0 saturated heterocycles. The average Bonchev–Trinajstić information content (AvgIpc) is 3.12. The highest BCUT2D eigenvalue weighted by atomic mass is 16.6. The molecule has 0 saturated carbocycles. The van der Waals surface area contributed by atoms with Gasteiger partial charge in [-0.3, -0.25) is 14.9 Å². The Bertz CT molecular complexity index is 1090. The van der Waals surface area contributed by atoms with E-state index in [9.17, 15) is 14.9 Å². The molecule has 0 aliphatic carbocycles. The minimum absolute atomic E-state index is 0.0386. The van der Waals surface area contributed by atoms with Crippen LogP contribution < -0.4 is 19.5 Å². The van der Waals surface area contributed by atoms with Crippen molar-refractivity contribution in [2.75, 3.05) is 26.6 Å². The Morgan fingerprint density at radius 3 is 2.17 bits per heavy atom. The number of nitro groups is 1. The summed E-state index contributed by atoms with van der Waals surface area (Å²) >= 11 is 0. The molecule has 0 radical (unpaired) electrons. The molecule has 1 heterocycles. The summed E-state index contributed by atoms with van der Waals surface area (Å²) in [5, 5.41) is 18.0. The molecule has 0 aliphatic rings. The first-order valence-electron chi connectivity index (χ1n) is 8.80. The van der Waals surface area contributed by atoms with Crippen molar-refractivity contribution in [1.29, 1.82) is 0 Å². The van der Waals surface area contributed by atoms with Gasteiger partial charge in [0.2, 0.25) is 0 Å². The summed E-state index contributed by atoms with van der Waals surface area (Å²) in [5.74, 6) is 1.06. The molecule has 0 bridgehead atoms. The molecule has 1 aromatic heterocycles. The van der Waals surface area contributed by atoms with Crippen LogP contribution in [0.5, 0.6) is 17.2 Å². The molecule has 0 aliphatic heterocycles. The van der Waals surface area contributed by atoms with E-state index < -0.39 is 10.8 Å². The highest BCUT2D eigenvalue weighted by molar-refractivity contribution is 6.06. The van der Waals surface area contributed by atoms with Crippen molar-refractivity contribution in [2.45, 2.75) is 6.92 Å². The van der Waals surface area contributed by atoms with Crippen molar-refractivity contribution >= 4 is 17.4 Å². The van der Waals surface area contributed by atoms with Gasteiger partial charge < -0.3 is 19.5 Å². The minimum Gasteiger partial charge on any atom is -0.496 e. The van der Waals surface area contributed by atoms with E-state index in [1.54, 1.807) is 31.2 Å². The van der Waals surface area contributed by atoms with Crippen LogP contribution in [0.2, 0.25) is 0 Å². The number of aromatic nitrogens is 2. The summed E-state index contributed by atoms with van der Waals surface area (Å²) in [6, 6.07) is 10.6. The number of benzene rings is 2. The van der Waals surface area contributed by atoms with E-state index in [2.05, 4.69) is 10.4 Å². The van der Waals surface area contributed by atoms with E-state index in [1.807, 2.05) is 0 Å². The largest absolute Gasteiger partial charge is 0.496 e. The minimum atomic E-state index is -0.482. The van der Waals surface area contributed by atoms with Gasteiger partial charge >= 0.3 is 0 Å². The number of carbonyl (C=O) groups excluding carboxylic acids is 1. The quantitative estimate of drug-likeness (QED) is 0.467. The molecule has 10 heteroatoms. The number of nitro benzene ring substituents is 1. The summed E-state index contributed by atoms with van der Waals surface area (Å²) in [7, 11) is 4.41. The Kier molecular flexibility index (Phi) is 5.86. The maximum absolute atomic E-state index is 13.0. The summed E-state index contributed by atoms with van der Waals surface area (Å²) in [4.78, 5) is 23.4. The van der Waals surface area contributed by atoms with Gasteiger partial charge in [0, 0.05) is 30.3 Å². The van der Waals surface area contributed by atoms with Crippen LogP contribution >= 0.6 is 0 Å². The number of rotatable bonds is 7. The van der Waals surface area contributed by atoms with Crippen molar-refractivity contribution in [3.05, 3.63) is 63.8 Å². The molecule has 156 valence electrons. The Hall–Kier alpha value is -4.08. The number of hydrogen-bond acceptors (Lipinski definition) is 7. The lowest BCUT2D eigenvalue weighted by Gasteiger charge is -2.14. The van der Waals surface area contributed by atoms with Crippen molar-refractivity contribution in [3.63, 3.8) is 0 Å². The molecule has 3 aromatic rings. The van der Waals surface area contributed by atoms with E-state index >= 15 is 0 Å². The van der Waals surface area contributed by atoms with Gasteiger partial charge in [0.05, 0.1) is 43.2 Å². The fourth-order valence-electron chi connectivity index (χ4n) is 2.89. The number of nitrogens with one attached hydrogen (secondary N) is 1. The van der Waals surface area contributed by atoms with Crippen molar-refractivity contribution in [2.24, 2.45) is 0 Å². The van der Waals surface area contributed by atoms with Gasteiger partial charge in [-0.1, -0.05) is 0 Å². The summed E-state index contributed by atoms with van der Waals surface area (Å²) in [6.07, 6.45) is 0. The van der Waals surface area contributed by atoms with Crippen molar-refractivity contribution in [3.8, 4) is 22.9 Å². The van der Waals surface area contributed by atoms with Crippen LogP contribution in [0.1, 0.15) is 16.1 Å². The molecule has 0 atom stereocenters.